The zero-order chi connectivity index (χ0) is 26.3. The smallest absolute Gasteiger partial charge is 0.312 e. The molecule has 0 aliphatic carbocycles. The van der Waals surface area contributed by atoms with Crippen molar-refractivity contribution in [3.8, 4) is 12.3 Å². The molecule has 4 rings (SSSR count). The van der Waals surface area contributed by atoms with Crippen molar-refractivity contribution in [1.29, 1.82) is 0 Å². The second-order valence-corrected chi connectivity index (χ2v) is 9.72. The summed E-state index contributed by atoms with van der Waals surface area (Å²) in [5, 5.41) is 0. The summed E-state index contributed by atoms with van der Waals surface area (Å²) in [5.41, 5.74) is 4.59. The van der Waals surface area contributed by atoms with Gasteiger partial charge in [-0.15, -0.1) is 6.42 Å². The van der Waals surface area contributed by atoms with Crippen molar-refractivity contribution in [2.75, 3.05) is 12.3 Å². The summed E-state index contributed by atoms with van der Waals surface area (Å²) < 4.78 is 32.9. The maximum absolute atomic E-state index is 13.9. The Labute approximate surface area is 215 Å². The van der Waals surface area contributed by atoms with Crippen molar-refractivity contribution in [2.45, 2.75) is 101 Å². The lowest BCUT2D eigenvalue weighted by Crippen LogP contribution is -2.45. The van der Waals surface area contributed by atoms with Gasteiger partial charge in [0.1, 0.15) is 18.9 Å². The lowest BCUT2D eigenvalue weighted by Gasteiger charge is -2.28. The minimum Gasteiger partial charge on any atom is -0.461 e. The second-order valence-electron chi connectivity index (χ2n) is 9.72. The van der Waals surface area contributed by atoms with Gasteiger partial charge in [0.25, 0.3) is 0 Å². The summed E-state index contributed by atoms with van der Waals surface area (Å²) in [5.74, 6) is 1.67. The Hall–Kier alpha value is -3.26. The van der Waals surface area contributed by atoms with Crippen LogP contribution in [0.1, 0.15) is 89.7 Å². The van der Waals surface area contributed by atoms with E-state index in [1.165, 1.54) is 23.7 Å². The molecule has 10 nitrogen and oxygen atoms in total. The third-order valence-corrected chi connectivity index (χ3v) is 6.99. The topological polar surface area (TPSA) is 131 Å². The number of ether oxygens (including phenoxy) is 3. The van der Waals surface area contributed by atoms with Crippen LogP contribution in [0.5, 0.6) is 0 Å². The van der Waals surface area contributed by atoms with E-state index in [0.717, 1.165) is 51.4 Å². The number of anilines is 1. The quantitative estimate of drug-likeness (QED) is 0.340. The summed E-state index contributed by atoms with van der Waals surface area (Å²) in [6.07, 6.45) is 15.4. The van der Waals surface area contributed by atoms with Crippen LogP contribution in [0.15, 0.2) is 6.33 Å². The SMILES string of the molecule is C#C[C@@]12COC(=O)CCCCCCCCCCCCC(=O)O[C@H]1C[C@H](n1cnc3c(N)nc(F)nc31)O2. The van der Waals surface area contributed by atoms with Crippen molar-refractivity contribution in [3.05, 3.63) is 12.4 Å². The van der Waals surface area contributed by atoms with Crippen LogP contribution < -0.4 is 5.73 Å². The average molecular weight is 516 g/mol. The number of imidazole rings is 1. The fraction of sp³-hybridized carbons (Fsp3) is 0.654. The van der Waals surface area contributed by atoms with Crippen LogP contribution in [0.25, 0.3) is 11.2 Å². The van der Waals surface area contributed by atoms with Gasteiger partial charge >= 0.3 is 18.0 Å². The zero-order valence-corrected chi connectivity index (χ0v) is 21.0. The molecule has 37 heavy (non-hydrogen) atoms. The van der Waals surface area contributed by atoms with Gasteiger partial charge in [-0.1, -0.05) is 57.3 Å². The highest BCUT2D eigenvalue weighted by atomic mass is 19.1. The number of terminal acetylenes is 1. The predicted octanol–water partition coefficient (Wildman–Crippen LogP) is 3.99. The Morgan fingerprint density at radius 3 is 2.27 bits per heavy atom. The second kappa shape index (κ2) is 12.3. The van der Waals surface area contributed by atoms with Gasteiger partial charge in [-0.2, -0.15) is 14.4 Å². The fourth-order valence-electron chi connectivity index (χ4n) is 4.90. The molecule has 2 aromatic heterocycles. The predicted molar refractivity (Wildman–Crippen MR) is 132 cm³/mol. The molecular formula is C26H34FN5O5. The molecule has 2 saturated heterocycles. The molecule has 200 valence electrons. The highest BCUT2D eigenvalue weighted by Crippen LogP contribution is 2.40. The lowest BCUT2D eigenvalue weighted by atomic mass is 9.98. The van der Waals surface area contributed by atoms with E-state index in [9.17, 15) is 14.0 Å². The number of nitrogens with two attached hydrogens (primary N) is 1. The average Bonchev–Trinajstić information content (AvgIpc) is 3.45. The Balaban J connectivity index is 1.55. The molecule has 2 aliphatic rings. The summed E-state index contributed by atoms with van der Waals surface area (Å²) in [6, 6.07) is 0. The van der Waals surface area contributed by atoms with E-state index in [4.69, 9.17) is 26.4 Å². The molecule has 11 heteroatoms. The Kier molecular flexibility index (Phi) is 8.92. The minimum atomic E-state index is -1.52. The number of fused-ring (bicyclic) bond motifs is 2. The molecule has 0 radical (unpaired) electrons. The van der Waals surface area contributed by atoms with E-state index >= 15 is 0 Å². The van der Waals surface area contributed by atoms with E-state index in [1.807, 2.05) is 0 Å². The van der Waals surface area contributed by atoms with E-state index in [2.05, 4.69) is 20.9 Å². The first-order valence-corrected chi connectivity index (χ1v) is 13.1. The lowest BCUT2D eigenvalue weighted by molar-refractivity contribution is -0.166. The van der Waals surface area contributed by atoms with Gasteiger partial charge in [0.2, 0.25) is 5.60 Å². The normalized spacial score (nSPS) is 27.2. The van der Waals surface area contributed by atoms with Crippen LogP contribution in [0.2, 0.25) is 0 Å². The Morgan fingerprint density at radius 2 is 1.62 bits per heavy atom. The third kappa shape index (κ3) is 6.55. The number of hydrogen-bond acceptors (Lipinski definition) is 9. The number of aromatic nitrogens is 4. The number of nitrogens with zero attached hydrogens (tertiary/aromatic N) is 4. The standard InChI is InChI=1S/C26H34FN5O5/c1-2-26-16-35-20(33)13-11-9-7-5-3-4-6-8-10-12-14-21(34)36-18(26)15-19(37-26)32-17-29-22-23(28)30-25(27)31-24(22)32/h1,17-19H,3-16H2,(H2,28,30,31)/t18-,19+,26+/m0/s1. The number of rotatable bonds is 1. The Bertz CT molecular complexity index is 1150. The molecule has 0 aromatic carbocycles. The number of carbonyl (C=O) groups is 2. The first-order chi connectivity index (χ1) is 17.9. The Morgan fingerprint density at radius 1 is 1.00 bits per heavy atom. The van der Waals surface area contributed by atoms with E-state index in [1.54, 1.807) is 0 Å². The molecule has 0 saturated carbocycles. The van der Waals surface area contributed by atoms with Crippen LogP contribution in [-0.4, -0.2) is 49.8 Å². The van der Waals surface area contributed by atoms with Crippen molar-refractivity contribution in [2.24, 2.45) is 0 Å². The third-order valence-electron chi connectivity index (χ3n) is 6.99. The maximum Gasteiger partial charge on any atom is 0.312 e. The van der Waals surface area contributed by atoms with Crippen molar-refractivity contribution >= 4 is 28.9 Å². The molecule has 0 bridgehead atoms. The molecule has 3 atom stereocenters. The van der Waals surface area contributed by atoms with Gasteiger partial charge in [-0.25, -0.2) is 4.98 Å². The van der Waals surface area contributed by atoms with Gasteiger partial charge in [0, 0.05) is 19.3 Å². The molecule has 0 unspecified atom stereocenters. The van der Waals surface area contributed by atoms with Crippen LogP contribution >= 0.6 is 0 Å². The summed E-state index contributed by atoms with van der Waals surface area (Å²) in [6.45, 7) is -0.283. The van der Waals surface area contributed by atoms with E-state index in [0.29, 0.717) is 0 Å². The van der Waals surface area contributed by atoms with Crippen LogP contribution in [0, 0.1) is 18.4 Å². The van der Waals surface area contributed by atoms with Gasteiger partial charge < -0.3 is 19.9 Å². The highest BCUT2D eigenvalue weighted by Gasteiger charge is 2.52. The molecular weight excluding hydrogens is 481 g/mol. The molecule has 2 N–H and O–H groups in total. The summed E-state index contributed by atoms with van der Waals surface area (Å²) >= 11 is 0. The molecule has 4 heterocycles. The van der Waals surface area contributed by atoms with E-state index in [-0.39, 0.29) is 48.8 Å². The van der Waals surface area contributed by atoms with Gasteiger partial charge in [0.15, 0.2) is 17.0 Å². The molecule has 2 fully saturated rings. The van der Waals surface area contributed by atoms with Crippen molar-refractivity contribution in [1.82, 2.24) is 19.5 Å². The van der Waals surface area contributed by atoms with Crippen LogP contribution in [0.3, 0.4) is 0 Å². The fourth-order valence-corrected chi connectivity index (χ4v) is 4.90. The molecule has 2 aromatic rings. The molecule has 2 aliphatic heterocycles. The van der Waals surface area contributed by atoms with Crippen LogP contribution in [-0.2, 0) is 23.8 Å². The first-order valence-electron chi connectivity index (χ1n) is 13.1. The summed E-state index contributed by atoms with van der Waals surface area (Å²) in [4.78, 5) is 36.6. The highest BCUT2D eigenvalue weighted by molar-refractivity contribution is 5.81. The largest absolute Gasteiger partial charge is 0.461 e. The number of nitrogen functional groups attached to an aromatic ring is 1. The van der Waals surface area contributed by atoms with Crippen molar-refractivity contribution < 1.29 is 28.2 Å². The monoisotopic (exact) mass is 515 g/mol. The van der Waals surface area contributed by atoms with Crippen LogP contribution in [0.4, 0.5) is 10.2 Å². The number of cyclic esters (lactones) is 1. The maximum atomic E-state index is 13.9. The van der Waals surface area contributed by atoms with E-state index < -0.39 is 30.0 Å². The number of halogens is 1. The van der Waals surface area contributed by atoms with Gasteiger partial charge in [-0.05, 0) is 12.8 Å². The minimum absolute atomic E-state index is 0.112. The number of carbonyl (C=O) groups excluding carboxylic acids is 2. The first kappa shape index (κ1) is 26.8. The van der Waals surface area contributed by atoms with Gasteiger partial charge in [-0.3, -0.25) is 14.2 Å². The number of esters is 2. The summed E-state index contributed by atoms with van der Waals surface area (Å²) in [7, 11) is 0. The van der Waals surface area contributed by atoms with Gasteiger partial charge in [0.05, 0.1) is 6.33 Å². The zero-order valence-electron chi connectivity index (χ0n) is 21.0. The number of hydrogen-bond donors (Lipinski definition) is 1. The molecule has 0 spiro atoms. The molecule has 0 amide bonds. The van der Waals surface area contributed by atoms with Crippen molar-refractivity contribution in [3.63, 3.8) is 0 Å².